The Balaban J connectivity index is 1.30. The van der Waals surface area contributed by atoms with Crippen molar-refractivity contribution < 1.29 is 19.0 Å². The molecule has 37 heavy (non-hydrogen) atoms. The minimum absolute atomic E-state index is 0.124. The second kappa shape index (κ2) is 13.8. The van der Waals surface area contributed by atoms with Gasteiger partial charge in [-0.1, -0.05) is 42.0 Å². The zero-order valence-corrected chi connectivity index (χ0v) is 24.0. The summed E-state index contributed by atoms with van der Waals surface area (Å²) in [4.78, 5) is 12.2. The van der Waals surface area contributed by atoms with Crippen molar-refractivity contribution in [3.63, 3.8) is 0 Å². The van der Waals surface area contributed by atoms with E-state index in [-0.39, 0.29) is 12.5 Å². The molecule has 4 rings (SSSR count). The number of halogens is 1. The zero-order chi connectivity index (χ0) is 26.0. The van der Waals surface area contributed by atoms with Gasteiger partial charge in [0.1, 0.15) is 12.4 Å². The SMILES string of the molecule is CCOc1cc(/C=N\NC(=O)COc2ccc(C3SCCS3)cc2)c(Br)cc1OCc1ccc(C)cc1. The van der Waals surface area contributed by atoms with Crippen molar-refractivity contribution in [2.75, 3.05) is 24.7 Å². The van der Waals surface area contributed by atoms with Gasteiger partial charge in [-0.2, -0.15) is 5.10 Å². The number of hydrogen-bond donors (Lipinski definition) is 1. The Morgan fingerprint density at radius 2 is 1.73 bits per heavy atom. The molecule has 1 heterocycles. The molecule has 0 spiro atoms. The standard InChI is InChI=1S/C28H29BrN2O4S2/c1-3-33-25-14-22(24(29)15-26(25)35-17-20-6-4-19(2)5-7-20)16-30-31-27(32)18-34-23-10-8-21(9-11-23)28-36-12-13-37-28/h4-11,14-16,28H,3,12-13,17-18H2,1-2H3,(H,31,32)/b30-16-. The second-order valence-corrected chi connectivity index (χ2v) is 11.8. The van der Waals surface area contributed by atoms with E-state index < -0.39 is 0 Å². The van der Waals surface area contributed by atoms with Crippen molar-refractivity contribution in [1.29, 1.82) is 0 Å². The van der Waals surface area contributed by atoms with Gasteiger partial charge < -0.3 is 14.2 Å². The fourth-order valence-corrected chi connectivity index (χ4v) is 6.79. The minimum Gasteiger partial charge on any atom is -0.490 e. The summed E-state index contributed by atoms with van der Waals surface area (Å²) in [6.07, 6.45) is 1.56. The van der Waals surface area contributed by atoms with Crippen LogP contribution in [0.4, 0.5) is 0 Å². The monoisotopic (exact) mass is 600 g/mol. The number of thioether (sulfide) groups is 2. The fraction of sp³-hybridized carbons (Fsp3) is 0.286. The van der Waals surface area contributed by atoms with Crippen LogP contribution in [-0.2, 0) is 11.4 Å². The molecule has 0 aromatic heterocycles. The molecule has 0 saturated carbocycles. The molecule has 1 aliphatic rings. The number of hydrogen-bond acceptors (Lipinski definition) is 7. The number of aryl methyl sites for hydroxylation is 1. The first-order valence-corrected chi connectivity index (χ1v) is 14.8. The summed E-state index contributed by atoms with van der Waals surface area (Å²) in [7, 11) is 0. The lowest BCUT2D eigenvalue weighted by atomic mass is 10.2. The Morgan fingerprint density at radius 3 is 2.43 bits per heavy atom. The number of carbonyl (C=O) groups is 1. The van der Waals surface area contributed by atoms with Crippen LogP contribution in [0, 0.1) is 6.92 Å². The van der Waals surface area contributed by atoms with Crippen molar-refractivity contribution in [3.05, 3.63) is 87.4 Å². The van der Waals surface area contributed by atoms with Gasteiger partial charge in [-0.05, 0) is 65.2 Å². The van der Waals surface area contributed by atoms with E-state index >= 15 is 0 Å². The Bertz CT molecular complexity index is 1210. The molecule has 0 aliphatic carbocycles. The lowest BCUT2D eigenvalue weighted by molar-refractivity contribution is -0.123. The number of nitrogens with one attached hydrogen (secondary N) is 1. The molecule has 0 unspecified atom stereocenters. The summed E-state index contributed by atoms with van der Waals surface area (Å²) in [5.74, 6) is 3.91. The average Bonchev–Trinajstić information content (AvgIpc) is 3.45. The van der Waals surface area contributed by atoms with Gasteiger partial charge in [0.05, 0.1) is 17.4 Å². The van der Waals surface area contributed by atoms with Crippen molar-refractivity contribution in [2.45, 2.75) is 25.0 Å². The van der Waals surface area contributed by atoms with Crippen LogP contribution < -0.4 is 19.6 Å². The lowest BCUT2D eigenvalue weighted by Gasteiger charge is -2.14. The third-order valence-electron chi connectivity index (χ3n) is 5.41. The van der Waals surface area contributed by atoms with Gasteiger partial charge in [0, 0.05) is 21.5 Å². The Hall–Kier alpha value is -2.62. The smallest absolute Gasteiger partial charge is 0.277 e. The first-order chi connectivity index (χ1) is 18.0. The van der Waals surface area contributed by atoms with Gasteiger partial charge in [0.2, 0.25) is 0 Å². The highest BCUT2D eigenvalue weighted by Crippen LogP contribution is 2.45. The predicted octanol–water partition coefficient (Wildman–Crippen LogP) is 6.74. The Labute approximate surface area is 234 Å². The largest absolute Gasteiger partial charge is 0.490 e. The molecular weight excluding hydrogens is 572 g/mol. The molecule has 1 saturated heterocycles. The van der Waals surface area contributed by atoms with E-state index in [9.17, 15) is 4.79 Å². The van der Waals surface area contributed by atoms with Gasteiger partial charge in [-0.25, -0.2) is 5.43 Å². The molecule has 1 amide bonds. The van der Waals surface area contributed by atoms with Crippen LogP contribution in [0.1, 0.15) is 33.8 Å². The number of benzene rings is 3. The summed E-state index contributed by atoms with van der Waals surface area (Å²) in [6.45, 7) is 4.77. The number of rotatable bonds is 11. The first-order valence-electron chi connectivity index (χ1n) is 11.9. The van der Waals surface area contributed by atoms with Crippen LogP contribution in [0.2, 0.25) is 0 Å². The molecule has 3 aromatic carbocycles. The Morgan fingerprint density at radius 1 is 1.03 bits per heavy atom. The number of amides is 1. The lowest BCUT2D eigenvalue weighted by Crippen LogP contribution is -2.24. The molecule has 6 nitrogen and oxygen atoms in total. The van der Waals surface area contributed by atoms with Crippen LogP contribution in [0.25, 0.3) is 0 Å². The summed E-state index contributed by atoms with van der Waals surface area (Å²) < 4.78 is 18.7. The fourth-order valence-electron chi connectivity index (χ4n) is 3.50. The van der Waals surface area contributed by atoms with Crippen LogP contribution in [-0.4, -0.2) is 36.8 Å². The van der Waals surface area contributed by atoms with E-state index in [1.165, 1.54) is 22.6 Å². The predicted molar refractivity (Wildman–Crippen MR) is 156 cm³/mol. The van der Waals surface area contributed by atoms with Crippen LogP contribution in [0.5, 0.6) is 17.2 Å². The van der Waals surface area contributed by atoms with Crippen LogP contribution in [0.3, 0.4) is 0 Å². The average molecular weight is 602 g/mol. The molecule has 0 bridgehead atoms. The van der Waals surface area contributed by atoms with E-state index in [2.05, 4.69) is 57.6 Å². The third kappa shape index (κ3) is 8.18. The van der Waals surface area contributed by atoms with E-state index in [1.54, 1.807) is 6.21 Å². The summed E-state index contributed by atoms with van der Waals surface area (Å²) in [5.41, 5.74) is 6.80. The van der Waals surface area contributed by atoms with Crippen LogP contribution >= 0.6 is 39.5 Å². The van der Waals surface area contributed by atoms with Gasteiger partial charge in [-0.3, -0.25) is 4.79 Å². The van der Waals surface area contributed by atoms with Crippen molar-refractivity contribution >= 4 is 51.6 Å². The molecule has 9 heteroatoms. The maximum Gasteiger partial charge on any atom is 0.277 e. The molecule has 3 aromatic rings. The van der Waals surface area contributed by atoms with E-state index in [0.29, 0.717) is 35.0 Å². The summed E-state index contributed by atoms with van der Waals surface area (Å²) >= 11 is 7.47. The third-order valence-corrected chi connectivity index (χ3v) is 9.21. The summed E-state index contributed by atoms with van der Waals surface area (Å²) in [5, 5.41) is 4.08. The minimum atomic E-state index is -0.346. The van der Waals surface area contributed by atoms with Gasteiger partial charge in [0.25, 0.3) is 5.91 Å². The summed E-state index contributed by atoms with van der Waals surface area (Å²) in [6, 6.07) is 19.8. The van der Waals surface area contributed by atoms with Gasteiger partial charge >= 0.3 is 0 Å². The molecule has 0 radical (unpaired) electrons. The highest BCUT2D eigenvalue weighted by Gasteiger charge is 2.18. The van der Waals surface area contributed by atoms with Crippen LogP contribution in [0.15, 0.2) is 70.2 Å². The van der Waals surface area contributed by atoms with Crippen molar-refractivity contribution in [2.24, 2.45) is 5.10 Å². The second-order valence-electron chi connectivity index (χ2n) is 8.25. The van der Waals surface area contributed by atoms with Gasteiger partial charge in [-0.15, -0.1) is 23.5 Å². The Kier molecular flexibility index (Phi) is 10.2. The zero-order valence-electron chi connectivity index (χ0n) is 20.7. The molecular formula is C28H29BrN2O4S2. The molecule has 1 N–H and O–H groups in total. The van der Waals surface area contributed by atoms with E-state index in [4.69, 9.17) is 14.2 Å². The number of nitrogens with zero attached hydrogens (tertiary/aromatic N) is 1. The topological polar surface area (TPSA) is 69.2 Å². The van der Waals surface area contributed by atoms with E-state index in [1.807, 2.05) is 66.8 Å². The first kappa shape index (κ1) is 27.4. The number of ether oxygens (including phenoxy) is 3. The quantitative estimate of drug-likeness (QED) is 0.194. The molecule has 194 valence electrons. The maximum absolute atomic E-state index is 12.2. The highest BCUT2D eigenvalue weighted by molar-refractivity contribution is 9.10. The molecule has 1 aliphatic heterocycles. The maximum atomic E-state index is 12.2. The van der Waals surface area contributed by atoms with Crippen molar-refractivity contribution in [3.8, 4) is 17.2 Å². The normalized spacial score (nSPS) is 13.6. The van der Waals surface area contributed by atoms with Crippen molar-refractivity contribution in [1.82, 2.24) is 5.43 Å². The van der Waals surface area contributed by atoms with E-state index in [0.717, 1.165) is 15.6 Å². The number of hydrazone groups is 1. The highest BCUT2D eigenvalue weighted by atomic mass is 79.9. The molecule has 1 fully saturated rings. The number of carbonyl (C=O) groups excluding carboxylic acids is 1. The van der Waals surface area contributed by atoms with Gasteiger partial charge in [0.15, 0.2) is 18.1 Å². The molecule has 0 atom stereocenters.